The van der Waals surface area contributed by atoms with Crippen molar-refractivity contribution < 1.29 is 9.13 Å². The highest BCUT2D eigenvalue weighted by molar-refractivity contribution is 5.50. The van der Waals surface area contributed by atoms with Gasteiger partial charge in [-0.05, 0) is 19.1 Å². The van der Waals surface area contributed by atoms with E-state index in [1.807, 2.05) is 20.2 Å². The molecule has 1 aromatic heterocycles. The van der Waals surface area contributed by atoms with Crippen molar-refractivity contribution in [3.63, 3.8) is 0 Å². The summed E-state index contributed by atoms with van der Waals surface area (Å²) in [7, 11) is 3.30. The van der Waals surface area contributed by atoms with Gasteiger partial charge in [-0.15, -0.1) is 0 Å². The van der Waals surface area contributed by atoms with E-state index >= 15 is 0 Å². The first-order valence-electron chi connectivity index (χ1n) is 6.35. The number of rotatable bonds is 5. The third kappa shape index (κ3) is 2.91. The van der Waals surface area contributed by atoms with Gasteiger partial charge in [-0.2, -0.15) is 5.10 Å². The van der Waals surface area contributed by atoms with E-state index in [2.05, 4.69) is 10.4 Å². The molecule has 0 radical (unpaired) electrons. The summed E-state index contributed by atoms with van der Waals surface area (Å²) in [4.78, 5) is 0. The average Bonchev–Trinajstić information content (AvgIpc) is 2.76. The molecule has 1 aromatic carbocycles. The molecule has 2 rings (SSSR count). The Labute approximate surface area is 117 Å². The summed E-state index contributed by atoms with van der Waals surface area (Å²) in [5.41, 5.74) is 8.53. The number of nitrogens with zero attached hydrogens (tertiary/aromatic N) is 2. The lowest BCUT2D eigenvalue weighted by atomic mass is 10.1. The Bertz CT molecular complexity index is 597. The fourth-order valence-electron chi connectivity index (χ4n) is 2.17. The molecule has 0 saturated carbocycles. The van der Waals surface area contributed by atoms with Crippen LogP contribution >= 0.6 is 0 Å². The highest BCUT2D eigenvalue weighted by Gasteiger charge is 2.15. The number of hydrogen-bond donors (Lipinski definition) is 2. The Hall–Kier alpha value is -2.08. The maximum atomic E-state index is 13.4. The third-order valence-electron chi connectivity index (χ3n) is 3.15. The van der Waals surface area contributed by atoms with Crippen LogP contribution in [0.25, 0.3) is 0 Å². The van der Waals surface area contributed by atoms with Crippen LogP contribution in [0.1, 0.15) is 17.3 Å². The number of halogens is 1. The van der Waals surface area contributed by atoms with E-state index in [1.165, 1.54) is 13.2 Å². The molecule has 0 fully saturated rings. The van der Waals surface area contributed by atoms with Gasteiger partial charge in [0.05, 0.1) is 18.8 Å². The van der Waals surface area contributed by atoms with Crippen molar-refractivity contribution in [1.82, 2.24) is 9.78 Å². The largest absolute Gasteiger partial charge is 0.494 e. The molecule has 0 aliphatic carbocycles. The highest BCUT2D eigenvalue weighted by atomic mass is 19.1. The lowest BCUT2D eigenvalue weighted by Gasteiger charge is -2.18. The first-order chi connectivity index (χ1) is 9.55. The van der Waals surface area contributed by atoms with Crippen LogP contribution in [0, 0.1) is 12.7 Å². The van der Waals surface area contributed by atoms with Crippen LogP contribution in [0.2, 0.25) is 0 Å². The lowest BCUT2D eigenvalue weighted by molar-refractivity contribution is 0.386. The zero-order valence-electron chi connectivity index (χ0n) is 11.9. The minimum atomic E-state index is -0.389. The SMILES string of the molecule is COc1cc(NC(CN)c2cn(C)nc2C)ccc1F. The van der Waals surface area contributed by atoms with Crippen LogP contribution in [-0.4, -0.2) is 23.4 Å². The van der Waals surface area contributed by atoms with Crippen LogP contribution in [0.3, 0.4) is 0 Å². The van der Waals surface area contributed by atoms with Gasteiger partial charge >= 0.3 is 0 Å². The zero-order valence-corrected chi connectivity index (χ0v) is 11.9. The zero-order chi connectivity index (χ0) is 14.7. The van der Waals surface area contributed by atoms with Crippen LogP contribution in [0.5, 0.6) is 5.75 Å². The summed E-state index contributed by atoms with van der Waals surface area (Å²) < 4.78 is 20.1. The molecular weight excluding hydrogens is 259 g/mol. The Kier molecular flexibility index (Phi) is 4.24. The monoisotopic (exact) mass is 278 g/mol. The van der Waals surface area contributed by atoms with E-state index < -0.39 is 0 Å². The summed E-state index contributed by atoms with van der Waals surface area (Å²) in [6.45, 7) is 2.34. The molecule has 1 atom stereocenters. The number of aryl methyl sites for hydroxylation is 2. The molecule has 2 aromatic rings. The first kappa shape index (κ1) is 14.3. The van der Waals surface area contributed by atoms with Gasteiger partial charge in [-0.3, -0.25) is 4.68 Å². The second-order valence-electron chi connectivity index (χ2n) is 4.63. The molecule has 3 N–H and O–H groups in total. The summed E-state index contributed by atoms with van der Waals surface area (Å²) >= 11 is 0. The van der Waals surface area contributed by atoms with Crippen LogP contribution in [0.4, 0.5) is 10.1 Å². The van der Waals surface area contributed by atoms with Crippen molar-refractivity contribution in [2.24, 2.45) is 12.8 Å². The smallest absolute Gasteiger partial charge is 0.165 e. The molecule has 0 spiro atoms. The molecule has 0 amide bonds. The molecule has 0 aliphatic rings. The second-order valence-corrected chi connectivity index (χ2v) is 4.63. The minimum absolute atomic E-state index is 0.0844. The van der Waals surface area contributed by atoms with Crippen LogP contribution in [-0.2, 0) is 7.05 Å². The summed E-state index contributed by atoms with van der Waals surface area (Å²) in [5, 5.41) is 7.58. The fourth-order valence-corrected chi connectivity index (χ4v) is 2.17. The number of hydrogen-bond acceptors (Lipinski definition) is 4. The Morgan fingerprint density at radius 2 is 2.25 bits per heavy atom. The maximum absolute atomic E-state index is 13.4. The molecule has 0 saturated heterocycles. The van der Waals surface area contributed by atoms with E-state index in [9.17, 15) is 4.39 Å². The summed E-state index contributed by atoms with van der Waals surface area (Å²) in [5.74, 6) is -0.186. The van der Waals surface area contributed by atoms with Crippen molar-refractivity contribution in [3.05, 3.63) is 41.5 Å². The van der Waals surface area contributed by atoms with Crippen LogP contribution in [0.15, 0.2) is 24.4 Å². The number of anilines is 1. The molecule has 0 aliphatic heterocycles. The molecule has 0 bridgehead atoms. The lowest BCUT2D eigenvalue weighted by Crippen LogP contribution is -2.21. The van der Waals surface area contributed by atoms with Gasteiger partial charge in [-0.1, -0.05) is 0 Å². The summed E-state index contributed by atoms with van der Waals surface area (Å²) in [6.07, 6.45) is 1.93. The number of nitrogens with two attached hydrogens (primary N) is 1. The Morgan fingerprint density at radius 1 is 1.50 bits per heavy atom. The molecular formula is C14H19FN4O. The van der Waals surface area contributed by atoms with E-state index in [0.29, 0.717) is 6.54 Å². The number of aromatic nitrogens is 2. The van der Waals surface area contributed by atoms with Gasteiger partial charge in [-0.25, -0.2) is 4.39 Å². The van der Waals surface area contributed by atoms with Crippen molar-refractivity contribution in [1.29, 1.82) is 0 Å². The van der Waals surface area contributed by atoms with E-state index in [0.717, 1.165) is 16.9 Å². The van der Waals surface area contributed by atoms with Crippen molar-refractivity contribution in [2.45, 2.75) is 13.0 Å². The minimum Gasteiger partial charge on any atom is -0.494 e. The highest BCUT2D eigenvalue weighted by Crippen LogP contribution is 2.25. The van der Waals surface area contributed by atoms with Gasteiger partial charge in [0.1, 0.15) is 0 Å². The van der Waals surface area contributed by atoms with Gasteiger partial charge in [0.15, 0.2) is 11.6 Å². The van der Waals surface area contributed by atoms with Gasteiger partial charge < -0.3 is 15.8 Å². The quantitative estimate of drug-likeness (QED) is 0.878. The molecule has 1 unspecified atom stereocenters. The van der Waals surface area contributed by atoms with Crippen molar-refractivity contribution in [2.75, 3.05) is 19.0 Å². The van der Waals surface area contributed by atoms with Crippen molar-refractivity contribution in [3.8, 4) is 5.75 Å². The van der Waals surface area contributed by atoms with Gasteiger partial charge in [0.25, 0.3) is 0 Å². The standard InChI is InChI=1S/C14H19FN4O/c1-9-11(8-19(2)18-9)13(7-16)17-10-4-5-12(15)14(6-10)20-3/h4-6,8,13,17H,7,16H2,1-3H3. The first-order valence-corrected chi connectivity index (χ1v) is 6.35. The normalized spacial score (nSPS) is 12.2. The van der Waals surface area contributed by atoms with E-state index in [1.54, 1.807) is 16.8 Å². The number of ether oxygens (including phenoxy) is 1. The fraction of sp³-hybridized carbons (Fsp3) is 0.357. The number of benzene rings is 1. The molecule has 108 valence electrons. The van der Waals surface area contributed by atoms with Gasteiger partial charge in [0.2, 0.25) is 0 Å². The molecule has 20 heavy (non-hydrogen) atoms. The average molecular weight is 278 g/mol. The topological polar surface area (TPSA) is 65.1 Å². The maximum Gasteiger partial charge on any atom is 0.165 e. The van der Waals surface area contributed by atoms with Crippen molar-refractivity contribution >= 4 is 5.69 Å². The number of methoxy groups -OCH3 is 1. The molecule has 1 heterocycles. The Balaban J connectivity index is 2.24. The predicted molar refractivity (Wildman–Crippen MR) is 76.3 cm³/mol. The van der Waals surface area contributed by atoms with Gasteiger partial charge in [0, 0.05) is 37.1 Å². The molecule has 5 nitrogen and oxygen atoms in total. The van der Waals surface area contributed by atoms with Crippen LogP contribution < -0.4 is 15.8 Å². The number of nitrogens with one attached hydrogen (secondary N) is 1. The summed E-state index contributed by atoms with van der Waals surface area (Å²) in [6, 6.07) is 4.56. The third-order valence-corrected chi connectivity index (χ3v) is 3.15. The van der Waals surface area contributed by atoms with E-state index in [4.69, 9.17) is 10.5 Å². The second kappa shape index (κ2) is 5.92. The Morgan fingerprint density at radius 3 is 2.80 bits per heavy atom. The van der Waals surface area contributed by atoms with E-state index in [-0.39, 0.29) is 17.6 Å². The predicted octanol–water partition coefficient (Wildman–Crippen LogP) is 1.99. The molecule has 6 heteroatoms.